The van der Waals surface area contributed by atoms with Crippen LogP contribution in [0.2, 0.25) is 0 Å². The number of aliphatic hydroxyl groups is 1. The second-order valence-electron chi connectivity index (χ2n) is 11.9. The first-order valence-corrected chi connectivity index (χ1v) is 12.6. The fourth-order valence-electron chi connectivity index (χ4n) is 8.55. The average Bonchev–Trinajstić information content (AvgIpc) is 2.99. The number of hydrogen-bond acceptors (Lipinski definition) is 6. The van der Waals surface area contributed by atoms with Gasteiger partial charge in [0.1, 0.15) is 12.2 Å². The molecule has 0 amide bonds. The molecule has 5 rings (SSSR count). The van der Waals surface area contributed by atoms with Crippen molar-refractivity contribution in [2.24, 2.45) is 34.5 Å². The third kappa shape index (κ3) is 2.60. The van der Waals surface area contributed by atoms with Crippen molar-refractivity contribution >= 4 is 11.6 Å². The van der Waals surface area contributed by atoms with Gasteiger partial charge in [-0.15, -0.1) is 0 Å². The molecule has 1 saturated heterocycles. The smallest absolute Gasteiger partial charge is 0.286 e. The quantitative estimate of drug-likeness (QED) is 0.651. The summed E-state index contributed by atoms with van der Waals surface area (Å²) in [7, 11) is 1.51. The summed E-state index contributed by atoms with van der Waals surface area (Å²) in [6, 6.07) is 0. The molecule has 188 valence electrons. The lowest BCUT2D eigenvalue weighted by atomic mass is 9.44. The Labute approximate surface area is 200 Å². The number of halogens is 1. The molecule has 1 N–H and O–H groups in total. The first-order valence-electron chi connectivity index (χ1n) is 12.6. The minimum Gasteiger partial charge on any atom is -0.390 e. The normalized spacial score (nSPS) is 52.4. The molecular weight excluding hydrogens is 439 g/mol. The highest BCUT2D eigenvalue weighted by atomic mass is 19.1. The zero-order valence-electron chi connectivity index (χ0n) is 21.0. The maximum atomic E-state index is 17.4. The number of carbonyl (C=O) groups excluding carboxylic acids is 2. The van der Waals surface area contributed by atoms with Crippen molar-refractivity contribution in [3.05, 3.63) is 23.8 Å². The van der Waals surface area contributed by atoms with Crippen molar-refractivity contribution in [1.82, 2.24) is 0 Å². The fourth-order valence-corrected chi connectivity index (χ4v) is 8.55. The molecule has 1 heterocycles. The lowest BCUT2D eigenvalue weighted by Gasteiger charge is -2.64. The van der Waals surface area contributed by atoms with E-state index in [1.54, 1.807) is 13.0 Å². The summed E-state index contributed by atoms with van der Waals surface area (Å²) in [6.07, 6.45) is 5.11. The van der Waals surface area contributed by atoms with Gasteiger partial charge in [0.25, 0.3) is 5.97 Å². The summed E-state index contributed by atoms with van der Waals surface area (Å²) in [5, 5.41) is 11.6. The fraction of sp³-hybridized carbons (Fsp3) is 0.778. The maximum Gasteiger partial charge on any atom is 0.286 e. The van der Waals surface area contributed by atoms with Crippen molar-refractivity contribution in [1.29, 1.82) is 0 Å². The topological polar surface area (TPSA) is 82.1 Å². The lowest BCUT2D eigenvalue weighted by Crippen LogP contribution is -2.72. The number of carbonyl (C=O) groups is 2. The largest absolute Gasteiger partial charge is 0.390 e. The van der Waals surface area contributed by atoms with Crippen LogP contribution in [0.1, 0.15) is 60.3 Å². The number of methoxy groups -OCH3 is 1. The van der Waals surface area contributed by atoms with Crippen molar-refractivity contribution in [3.8, 4) is 0 Å². The predicted molar refractivity (Wildman–Crippen MR) is 122 cm³/mol. The van der Waals surface area contributed by atoms with Crippen molar-refractivity contribution in [2.75, 3.05) is 13.7 Å². The maximum absolute atomic E-state index is 17.4. The van der Waals surface area contributed by atoms with Crippen LogP contribution in [-0.4, -0.2) is 53.7 Å². The molecule has 0 aromatic rings. The summed E-state index contributed by atoms with van der Waals surface area (Å²) in [6.45, 7) is 9.48. The second-order valence-corrected chi connectivity index (χ2v) is 11.9. The first-order chi connectivity index (χ1) is 15.8. The second kappa shape index (κ2) is 7.31. The average molecular weight is 477 g/mol. The van der Waals surface area contributed by atoms with E-state index >= 15 is 4.39 Å². The van der Waals surface area contributed by atoms with Crippen LogP contribution >= 0.6 is 0 Å². The first kappa shape index (κ1) is 24.3. The van der Waals surface area contributed by atoms with Crippen LogP contribution < -0.4 is 0 Å². The Kier molecular flexibility index (Phi) is 5.22. The lowest BCUT2D eigenvalue weighted by molar-refractivity contribution is -0.444. The molecule has 4 fully saturated rings. The minimum absolute atomic E-state index is 0.0866. The van der Waals surface area contributed by atoms with E-state index in [4.69, 9.17) is 14.2 Å². The van der Waals surface area contributed by atoms with E-state index in [1.165, 1.54) is 19.3 Å². The van der Waals surface area contributed by atoms with E-state index in [-0.39, 0.29) is 42.3 Å². The molecule has 1 unspecified atom stereocenters. The van der Waals surface area contributed by atoms with Gasteiger partial charge in [-0.05, 0) is 56.6 Å². The molecule has 3 saturated carbocycles. The molecule has 5 aliphatic rings. The summed E-state index contributed by atoms with van der Waals surface area (Å²) in [5.41, 5.74) is -4.28. The molecular formula is C27H37FO6. The number of alkyl halides is 1. The molecule has 6 nitrogen and oxygen atoms in total. The van der Waals surface area contributed by atoms with E-state index in [9.17, 15) is 14.7 Å². The van der Waals surface area contributed by atoms with Crippen LogP contribution in [0.5, 0.6) is 0 Å². The summed E-state index contributed by atoms with van der Waals surface area (Å²) < 4.78 is 35.5. The van der Waals surface area contributed by atoms with E-state index in [0.29, 0.717) is 19.3 Å². The van der Waals surface area contributed by atoms with Gasteiger partial charge in [-0.1, -0.05) is 39.3 Å². The van der Waals surface area contributed by atoms with Gasteiger partial charge < -0.3 is 19.3 Å². The molecule has 0 aromatic heterocycles. The molecule has 1 spiro atoms. The molecule has 7 heteroatoms. The van der Waals surface area contributed by atoms with Gasteiger partial charge in [-0.2, -0.15) is 0 Å². The standard InChI is InChI=1S/C27H37FO6/c1-15(2)27(32-6)33-14-22(31)26(34-27)16(3)11-20-19-8-7-17-12-18(29)9-10-23(17,4)25(19,28)21(30)13-24(20,26)5/h9-10,12,15-16,19-21,30H,7-8,11,13-14H2,1-6H3/t16-,19+,20+,21+,23+,24+,25+,26+,27?/m1/s1. The van der Waals surface area contributed by atoms with Crippen molar-refractivity contribution < 1.29 is 33.3 Å². The van der Waals surface area contributed by atoms with Gasteiger partial charge >= 0.3 is 0 Å². The number of ketones is 2. The molecule has 1 aliphatic heterocycles. The van der Waals surface area contributed by atoms with Gasteiger partial charge in [-0.3, -0.25) is 9.59 Å². The van der Waals surface area contributed by atoms with Crippen LogP contribution in [0.4, 0.5) is 4.39 Å². The summed E-state index contributed by atoms with van der Waals surface area (Å²) in [4.78, 5) is 25.7. The third-order valence-corrected chi connectivity index (χ3v) is 10.3. The monoisotopic (exact) mass is 476 g/mol. The SMILES string of the molecule is COC1(C(C)C)OCC(=O)[C@@]2(O1)[C@H](C)C[C@H]1[C@@H]3CCC4=CC(=O)C=C[C@]4(C)[C@@]3(F)[C@@H](O)C[C@@]12C. The van der Waals surface area contributed by atoms with E-state index in [0.717, 1.165) is 5.57 Å². The van der Waals surface area contributed by atoms with E-state index in [2.05, 4.69) is 0 Å². The van der Waals surface area contributed by atoms with Crippen LogP contribution in [-0.2, 0) is 23.8 Å². The van der Waals surface area contributed by atoms with Gasteiger partial charge in [0.15, 0.2) is 17.2 Å². The molecule has 4 aliphatic carbocycles. The highest BCUT2D eigenvalue weighted by molar-refractivity contribution is 6.01. The number of aliphatic hydroxyl groups excluding tert-OH is 1. The van der Waals surface area contributed by atoms with Crippen LogP contribution in [0, 0.1) is 34.5 Å². The third-order valence-electron chi connectivity index (χ3n) is 10.3. The Morgan fingerprint density at radius 3 is 2.59 bits per heavy atom. The number of fused-ring (bicyclic) bond motifs is 6. The van der Waals surface area contributed by atoms with Crippen LogP contribution in [0.3, 0.4) is 0 Å². The van der Waals surface area contributed by atoms with Crippen LogP contribution in [0.15, 0.2) is 23.8 Å². The van der Waals surface area contributed by atoms with Gasteiger partial charge in [0.05, 0.1) is 6.10 Å². The highest BCUT2D eigenvalue weighted by Crippen LogP contribution is 2.72. The van der Waals surface area contributed by atoms with Crippen LogP contribution in [0.25, 0.3) is 0 Å². The number of hydrogen-bond donors (Lipinski definition) is 1. The van der Waals surface area contributed by atoms with Gasteiger partial charge in [-0.25, -0.2) is 4.39 Å². The van der Waals surface area contributed by atoms with Gasteiger partial charge in [0.2, 0.25) is 0 Å². The molecule has 0 bridgehead atoms. The Morgan fingerprint density at radius 1 is 1.24 bits per heavy atom. The zero-order chi connectivity index (χ0) is 24.9. The Bertz CT molecular complexity index is 990. The number of ether oxygens (including phenoxy) is 3. The van der Waals surface area contributed by atoms with Crippen molar-refractivity contribution in [3.63, 3.8) is 0 Å². The Balaban J connectivity index is 1.62. The zero-order valence-corrected chi connectivity index (χ0v) is 21.0. The Morgan fingerprint density at radius 2 is 1.94 bits per heavy atom. The highest BCUT2D eigenvalue weighted by Gasteiger charge is 2.78. The number of rotatable bonds is 2. The number of Topliss-reactive ketones (excluding diaryl/α,β-unsaturated/α-hetero) is 1. The Hall–Kier alpha value is -1.41. The molecule has 0 aromatic carbocycles. The predicted octanol–water partition coefficient (Wildman–Crippen LogP) is 3.91. The minimum atomic E-state index is -1.94. The molecule has 9 atom stereocenters. The summed E-state index contributed by atoms with van der Waals surface area (Å²) in [5.74, 6) is -2.71. The molecule has 0 radical (unpaired) electrons. The molecule has 34 heavy (non-hydrogen) atoms. The van der Waals surface area contributed by atoms with Crippen molar-refractivity contribution in [2.45, 2.75) is 83.6 Å². The van der Waals surface area contributed by atoms with E-state index < -0.39 is 40.1 Å². The van der Waals surface area contributed by atoms with E-state index in [1.807, 2.05) is 27.7 Å². The summed E-state index contributed by atoms with van der Waals surface area (Å²) >= 11 is 0. The number of allylic oxidation sites excluding steroid dienone is 4. The van der Waals surface area contributed by atoms with Gasteiger partial charge in [0, 0.05) is 29.8 Å².